The molecule has 0 spiro atoms. The zero-order chi connectivity index (χ0) is 17.7. The zero-order valence-corrected chi connectivity index (χ0v) is 13.8. The highest BCUT2D eigenvalue weighted by atomic mass is 32.2. The fourth-order valence-electron chi connectivity index (χ4n) is 2.02. The van der Waals surface area contributed by atoms with E-state index in [9.17, 15) is 17.6 Å². The van der Waals surface area contributed by atoms with E-state index in [1.54, 1.807) is 24.3 Å². The van der Waals surface area contributed by atoms with Crippen molar-refractivity contribution >= 4 is 21.6 Å². The van der Waals surface area contributed by atoms with Crippen LogP contribution in [-0.2, 0) is 21.4 Å². The molecule has 24 heavy (non-hydrogen) atoms. The number of carbonyl (C=O) groups is 1. The molecule has 2 aromatic rings. The summed E-state index contributed by atoms with van der Waals surface area (Å²) in [5.41, 5.74) is 1.08. The van der Waals surface area contributed by atoms with E-state index in [0.29, 0.717) is 11.3 Å². The highest BCUT2D eigenvalue weighted by Gasteiger charge is 2.23. The van der Waals surface area contributed by atoms with E-state index in [0.717, 1.165) is 28.6 Å². The Labute approximate surface area is 139 Å². The lowest BCUT2D eigenvalue weighted by Gasteiger charge is -2.17. The molecule has 0 aliphatic rings. The van der Waals surface area contributed by atoms with Gasteiger partial charge in [0.05, 0.1) is 18.0 Å². The molecule has 0 saturated heterocycles. The largest absolute Gasteiger partial charge is 0.392 e. The standard InChI is InChI=1S/C16H17FN2O4S/c1-19(24(22,23)15-7-5-13(17)6-8-15)10-16(21)18-14-4-2-3-12(9-14)11-20/h2-9,20H,10-11H2,1H3,(H,18,21). The third-order valence-electron chi connectivity index (χ3n) is 3.28. The number of amides is 1. The van der Waals surface area contributed by atoms with E-state index in [2.05, 4.69) is 5.32 Å². The van der Waals surface area contributed by atoms with Crippen LogP contribution in [0.3, 0.4) is 0 Å². The maximum absolute atomic E-state index is 12.9. The smallest absolute Gasteiger partial charge is 0.243 e. The summed E-state index contributed by atoms with van der Waals surface area (Å²) in [6.07, 6.45) is 0. The van der Waals surface area contributed by atoms with Crippen molar-refractivity contribution in [3.05, 3.63) is 59.9 Å². The summed E-state index contributed by atoms with van der Waals surface area (Å²) < 4.78 is 38.4. The van der Waals surface area contributed by atoms with Crippen LogP contribution in [0.1, 0.15) is 5.56 Å². The van der Waals surface area contributed by atoms with Gasteiger partial charge in [0.15, 0.2) is 0 Å². The summed E-state index contributed by atoms with van der Waals surface area (Å²) in [6, 6.07) is 11.0. The Hall–Kier alpha value is -2.29. The maximum atomic E-state index is 12.9. The number of hydrogen-bond acceptors (Lipinski definition) is 4. The van der Waals surface area contributed by atoms with Gasteiger partial charge in [0.1, 0.15) is 5.82 Å². The second-order valence-corrected chi connectivity index (χ2v) is 7.17. The molecule has 0 fully saturated rings. The van der Waals surface area contributed by atoms with Crippen LogP contribution in [0.25, 0.3) is 0 Å². The van der Waals surface area contributed by atoms with E-state index >= 15 is 0 Å². The van der Waals surface area contributed by atoms with Crippen molar-refractivity contribution in [1.82, 2.24) is 4.31 Å². The third-order valence-corrected chi connectivity index (χ3v) is 5.10. The van der Waals surface area contributed by atoms with E-state index in [4.69, 9.17) is 5.11 Å². The molecule has 2 rings (SSSR count). The average Bonchev–Trinajstić information content (AvgIpc) is 2.55. The van der Waals surface area contributed by atoms with Crippen LogP contribution < -0.4 is 5.32 Å². The van der Waals surface area contributed by atoms with Gasteiger partial charge in [0.2, 0.25) is 15.9 Å². The molecule has 6 nitrogen and oxygen atoms in total. The van der Waals surface area contributed by atoms with E-state index in [-0.39, 0.29) is 11.5 Å². The summed E-state index contributed by atoms with van der Waals surface area (Å²) >= 11 is 0. The summed E-state index contributed by atoms with van der Waals surface area (Å²) in [7, 11) is -2.62. The first-order chi connectivity index (χ1) is 11.3. The molecule has 0 unspecified atom stereocenters. The van der Waals surface area contributed by atoms with Gasteiger partial charge in [-0.25, -0.2) is 12.8 Å². The van der Waals surface area contributed by atoms with Crippen molar-refractivity contribution < 1.29 is 22.7 Å². The molecule has 0 heterocycles. The van der Waals surface area contributed by atoms with Crippen molar-refractivity contribution in [2.45, 2.75) is 11.5 Å². The lowest BCUT2D eigenvalue weighted by molar-refractivity contribution is -0.116. The molecule has 2 aromatic carbocycles. The lowest BCUT2D eigenvalue weighted by Crippen LogP contribution is -2.35. The molecule has 2 N–H and O–H groups in total. The molecule has 0 radical (unpaired) electrons. The van der Waals surface area contributed by atoms with Crippen LogP contribution in [0.5, 0.6) is 0 Å². The van der Waals surface area contributed by atoms with Gasteiger partial charge in [-0.2, -0.15) is 4.31 Å². The van der Waals surface area contributed by atoms with Crippen LogP contribution >= 0.6 is 0 Å². The van der Waals surface area contributed by atoms with E-state index in [1.165, 1.54) is 7.05 Å². The molecule has 8 heteroatoms. The lowest BCUT2D eigenvalue weighted by atomic mass is 10.2. The quantitative estimate of drug-likeness (QED) is 0.826. The van der Waals surface area contributed by atoms with Gasteiger partial charge < -0.3 is 10.4 Å². The molecule has 128 valence electrons. The fourth-order valence-corrected chi connectivity index (χ4v) is 3.15. The maximum Gasteiger partial charge on any atom is 0.243 e. The molecule has 0 aromatic heterocycles. The topological polar surface area (TPSA) is 86.7 Å². The van der Waals surface area contributed by atoms with Gasteiger partial charge in [-0.05, 0) is 42.0 Å². The fraction of sp³-hybridized carbons (Fsp3) is 0.188. The molecule has 0 saturated carbocycles. The first-order valence-electron chi connectivity index (χ1n) is 7.04. The van der Waals surface area contributed by atoms with Crippen molar-refractivity contribution in [3.63, 3.8) is 0 Å². The molecule has 1 amide bonds. The molecule has 0 aliphatic heterocycles. The van der Waals surface area contributed by atoms with Crippen LogP contribution in [0.4, 0.5) is 10.1 Å². The van der Waals surface area contributed by atoms with Crippen LogP contribution in [0, 0.1) is 5.82 Å². The summed E-state index contributed by atoms with van der Waals surface area (Å²) in [5, 5.41) is 11.6. The van der Waals surface area contributed by atoms with Gasteiger partial charge in [-0.1, -0.05) is 12.1 Å². The monoisotopic (exact) mass is 352 g/mol. The number of nitrogens with zero attached hydrogens (tertiary/aromatic N) is 1. The average molecular weight is 352 g/mol. The van der Waals surface area contributed by atoms with Crippen molar-refractivity contribution in [2.24, 2.45) is 0 Å². The van der Waals surface area contributed by atoms with Gasteiger partial charge >= 0.3 is 0 Å². The van der Waals surface area contributed by atoms with Crippen LogP contribution in [0.15, 0.2) is 53.4 Å². The number of likely N-dealkylation sites (N-methyl/N-ethyl adjacent to an activating group) is 1. The van der Waals surface area contributed by atoms with Gasteiger partial charge in [0, 0.05) is 12.7 Å². The predicted molar refractivity (Wildman–Crippen MR) is 87.2 cm³/mol. The number of hydrogen-bond donors (Lipinski definition) is 2. The van der Waals surface area contributed by atoms with Gasteiger partial charge in [-0.15, -0.1) is 0 Å². The third kappa shape index (κ3) is 4.38. The highest BCUT2D eigenvalue weighted by molar-refractivity contribution is 7.89. The minimum atomic E-state index is -3.89. The SMILES string of the molecule is CN(CC(=O)Nc1cccc(CO)c1)S(=O)(=O)c1ccc(F)cc1. The Kier molecular flexibility index (Phi) is 5.66. The number of nitrogens with one attached hydrogen (secondary N) is 1. The number of halogens is 1. The first kappa shape index (κ1) is 18.1. The second-order valence-electron chi connectivity index (χ2n) is 5.12. The highest BCUT2D eigenvalue weighted by Crippen LogP contribution is 2.15. The Morgan fingerprint density at radius 3 is 2.50 bits per heavy atom. The summed E-state index contributed by atoms with van der Waals surface area (Å²) in [5.74, 6) is -1.07. The number of anilines is 1. The number of benzene rings is 2. The Morgan fingerprint density at radius 1 is 1.21 bits per heavy atom. The van der Waals surface area contributed by atoms with Gasteiger partial charge in [0.25, 0.3) is 0 Å². The molecular formula is C16H17FN2O4S. The Morgan fingerprint density at radius 2 is 1.88 bits per heavy atom. The second kappa shape index (κ2) is 7.52. The van der Waals surface area contributed by atoms with Crippen molar-refractivity contribution in [2.75, 3.05) is 18.9 Å². The van der Waals surface area contributed by atoms with Crippen LogP contribution in [0.2, 0.25) is 0 Å². The van der Waals surface area contributed by atoms with Crippen molar-refractivity contribution in [1.29, 1.82) is 0 Å². The molecule has 0 aliphatic carbocycles. The molecular weight excluding hydrogens is 335 g/mol. The number of aliphatic hydroxyl groups is 1. The predicted octanol–water partition coefficient (Wildman–Crippen LogP) is 1.58. The normalized spacial score (nSPS) is 11.5. The Bertz CT molecular complexity index is 822. The summed E-state index contributed by atoms with van der Waals surface area (Å²) in [4.78, 5) is 11.9. The number of carbonyl (C=O) groups excluding carboxylic acids is 1. The van der Waals surface area contributed by atoms with Crippen molar-refractivity contribution in [3.8, 4) is 0 Å². The summed E-state index contributed by atoms with van der Waals surface area (Å²) in [6.45, 7) is -0.564. The Balaban J connectivity index is 2.06. The number of sulfonamides is 1. The number of rotatable bonds is 6. The minimum absolute atomic E-state index is 0.0959. The number of aliphatic hydroxyl groups excluding tert-OH is 1. The minimum Gasteiger partial charge on any atom is -0.392 e. The van der Waals surface area contributed by atoms with Crippen LogP contribution in [-0.4, -0.2) is 37.3 Å². The van der Waals surface area contributed by atoms with Gasteiger partial charge in [-0.3, -0.25) is 4.79 Å². The molecule has 0 atom stereocenters. The zero-order valence-electron chi connectivity index (χ0n) is 12.9. The first-order valence-corrected chi connectivity index (χ1v) is 8.48. The molecule has 0 bridgehead atoms. The van der Waals surface area contributed by atoms with E-state index < -0.39 is 28.3 Å². The van der Waals surface area contributed by atoms with E-state index in [1.807, 2.05) is 0 Å².